The summed E-state index contributed by atoms with van der Waals surface area (Å²) in [5, 5.41) is 18.1. The Labute approximate surface area is 111 Å². The summed E-state index contributed by atoms with van der Waals surface area (Å²) >= 11 is 0. The number of benzene rings is 1. The van der Waals surface area contributed by atoms with Gasteiger partial charge in [0.05, 0.1) is 11.7 Å². The van der Waals surface area contributed by atoms with Crippen molar-refractivity contribution in [3.63, 3.8) is 0 Å². The first-order valence-corrected chi connectivity index (χ1v) is 6.24. The molecule has 0 heterocycles. The first-order chi connectivity index (χ1) is 8.97. The predicted molar refractivity (Wildman–Crippen MR) is 69.1 cm³/mol. The lowest BCUT2D eigenvalue weighted by molar-refractivity contribution is 0.0265. The van der Waals surface area contributed by atoms with Crippen molar-refractivity contribution in [1.82, 2.24) is 4.90 Å². The number of hydrogen-bond acceptors (Lipinski definition) is 3. The maximum Gasteiger partial charge on any atom is 0.335 e. The van der Waals surface area contributed by atoms with Crippen molar-refractivity contribution < 1.29 is 19.8 Å². The minimum atomic E-state index is -1.04. The Balaban J connectivity index is 2.02. The van der Waals surface area contributed by atoms with Gasteiger partial charge in [0.1, 0.15) is 0 Å². The van der Waals surface area contributed by atoms with Crippen LogP contribution in [0.3, 0.4) is 0 Å². The normalized spacial score (nSPS) is 21.6. The van der Waals surface area contributed by atoms with E-state index >= 15 is 0 Å². The summed E-state index contributed by atoms with van der Waals surface area (Å²) in [4.78, 5) is 24.6. The Hall–Kier alpha value is -1.88. The summed E-state index contributed by atoms with van der Waals surface area (Å²) in [5.41, 5.74) is 0.487. The lowest BCUT2D eigenvalue weighted by Crippen LogP contribution is -2.39. The highest BCUT2D eigenvalue weighted by atomic mass is 16.4. The van der Waals surface area contributed by atoms with E-state index in [9.17, 15) is 14.7 Å². The molecule has 0 unspecified atom stereocenters. The summed E-state index contributed by atoms with van der Waals surface area (Å²) in [7, 11) is 1.69. The van der Waals surface area contributed by atoms with E-state index < -0.39 is 5.97 Å². The molecule has 102 valence electrons. The fourth-order valence-corrected chi connectivity index (χ4v) is 2.33. The molecule has 2 rings (SSSR count). The van der Waals surface area contributed by atoms with Gasteiger partial charge >= 0.3 is 5.97 Å². The Morgan fingerprint density at radius 1 is 1.32 bits per heavy atom. The number of carboxylic acid groups (broad SMARTS) is 1. The van der Waals surface area contributed by atoms with Gasteiger partial charge in [-0.2, -0.15) is 0 Å². The van der Waals surface area contributed by atoms with E-state index in [0.717, 1.165) is 12.8 Å². The van der Waals surface area contributed by atoms with Gasteiger partial charge in [-0.3, -0.25) is 4.79 Å². The number of nitrogens with zero attached hydrogens (tertiary/aromatic N) is 1. The largest absolute Gasteiger partial charge is 0.478 e. The SMILES string of the molecule is CN(CC1CC(O)C1)C(=O)c1cccc(C(=O)O)c1. The van der Waals surface area contributed by atoms with Crippen LogP contribution < -0.4 is 0 Å². The van der Waals surface area contributed by atoms with E-state index in [1.165, 1.54) is 12.1 Å². The second-order valence-corrected chi connectivity index (χ2v) is 5.06. The summed E-state index contributed by atoms with van der Waals surface area (Å²) in [6.45, 7) is 0.590. The van der Waals surface area contributed by atoms with Gasteiger partial charge in [0, 0.05) is 19.2 Å². The van der Waals surface area contributed by atoms with E-state index in [1.807, 2.05) is 0 Å². The molecule has 1 aliphatic carbocycles. The van der Waals surface area contributed by atoms with Gasteiger partial charge in [-0.1, -0.05) is 6.07 Å². The summed E-state index contributed by atoms with van der Waals surface area (Å²) in [5.74, 6) is -0.893. The average Bonchev–Trinajstić information content (AvgIpc) is 2.36. The van der Waals surface area contributed by atoms with Crippen molar-refractivity contribution in [1.29, 1.82) is 0 Å². The van der Waals surface area contributed by atoms with E-state index in [-0.39, 0.29) is 17.6 Å². The third-order valence-electron chi connectivity index (χ3n) is 3.45. The molecule has 2 N–H and O–H groups in total. The third-order valence-corrected chi connectivity index (χ3v) is 3.45. The number of hydrogen-bond donors (Lipinski definition) is 2. The Bertz CT molecular complexity index is 494. The number of aromatic carboxylic acids is 1. The summed E-state index contributed by atoms with van der Waals surface area (Å²) in [6, 6.07) is 6.02. The molecule has 1 saturated carbocycles. The van der Waals surface area contributed by atoms with Crippen LogP contribution in [0.25, 0.3) is 0 Å². The van der Waals surface area contributed by atoms with Crippen molar-refractivity contribution in [2.45, 2.75) is 18.9 Å². The Morgan fingerprint density at radius 3 is 2.53 bits per heavy atom. The van der Waals surface area contributed by atoms with E-state index in [0.29, 0.717) is 18.0 Å². The maximum atomic E-state index is 12.1. The van der Waals surface area contributed by atoms with Gasteiger partial charge < -0.3 is 15.1 Å². The minimum Gasteiger partial charge on any atom is -0.478 e. The van der Waals surface area contributed by atoms with Crippen LogP contribution in [0.15, 0.2) is 24.3 Å². The third kappa shape index (κ3) is 3.12. The topological polar surface area (TPSA) is 77.8 Å². The summed E-state index contributed by atoms with van der Waals surface area (Å²) < 4.78 is 0. The molecule has 0 aromatic heterocycles. The van der Waals surface area contributed by atoms with Crippen LogP contribution in [0.5, 0.6) is 0 Å². The molecule has 0 atom stereocenters. The van der Waals surface area contributed by atoms with E-state index in [1.54, 1.807) is 24.1 Å². The molecular weight excluding hydrogens is 246 g/mol. The van der Waals surface area contributed by atoms with Crippen LogP contribution in [0.4, 0.5) is 0 Å². The van der Waals surface area contributed by atoms with Crippen molar-refractivity contribution in [3.05, 3.63) is 35.4 Å². The van der Waals surface area contributed by atoms with Gasteiger partial charge in [0.15, 0.2) is 0 Å². The maximum absolute atomic E-state index is 12.1. The molecule has 1 fully saturated rings. The second-order valence-electron chi connectivity index (χ2n) is 5.06. The molecule has 1 aromatic carbocycles. The van der Waals surface area contributed by atoms with Crippen molar-refractivity contribution in [2.75, 3.05) is 13.6 Å². The van der Waals surface area contributed by atoms with Crippen LogP contribution in [-0.4, -0.2) is 46.7 Å². The van der Waals surface area contributed by atoms with Gasteiger partial charge in [-0.25, -0.2) is 4.79 Å². The standard InChI is InChI=1S/C14H17NO4/c1-15(8-9-5-12(16)6-9)13(17)10-3-2-4-11(7-10)14(18)19/h2-4,7,9,12,16H,5-6,8H2,1H3,(H,18,19). The first-order valence-electron chi connectivity index (χ1n) is 6.24. The predicted octanol–water partition coefficient (Wildman–Crippen LogP) is 1.23. The molecule has 1 aliphatic rings. The van der Waals surface area contributed by atoms with Gasteiger partial charge in [0.25, 0.3) is 5.91 Å². The zero-order valence-corrected chi connectivity index (χ0v) is 10.7. The molecule has 5 heteroatoms. The number of rotatable bonds is 4. The van der Waals surface area contributed by atoms with Crippen LogP contribution in [0.2, 0.25) is 0 Å². The lowest BCUT2D eigenvalue weighted by Gasteiger charge is -2.34. The Morgan fingerprint density at radius 2 is 1.95 bits per heavy atom. The van der Waals surface area contributed by atoms with Crippen molar-refractivity contribution in [3.8, 4) is 0 Å². The number of aliphatic hydroxyl groups is 1. The van der Waals surface area contributed by atoms with E-state index in [4.69, 9.17) is 5.11 Å². The molecule has 0 bridgehead atoms. The second kappa shape index (κ2) is 5.40. The average molecular weight is 263 g/mol. The Kier molecular flexibility index (Phi) is 3.85. The van der Waals surface area contributed by atoms with Gasteiger partial charge in [0.2, 0.25) is 0 Å². The van der Waals surface area contributed by atoms with Crippen LogP contribution in [-0.2, 0) is 0 Å². The zero-order valence-electron chi connectivity index (χ0n) is 10.7. The molecule has 19 heavy (non-hydrogen) atoms. The molecule has 5 nitrogen and oxygen atoms in total. The smallest absolute Gasteiger partial charge is 0.335 e. The number of carbonyl (C=O) groups is 2. The van der Waals surface area contributed by atoms with Crippen molar-refractivity contribution in [2.24, 2.45) is 5.92 Å². The fourth-order valence-electron chi connectivity index (χ4n) is 2.33. The van der Waals surface area contributed by atoms with Gasteiger partial charge in [-0.05, 0) is 37.0 Å². The molecule has 0 aliphatic heterocycles. The van der Waals surface area contributed by atoms with Crippen LogP contribution in [0, 0.1) is 5.92 Å². The first kappa shape index (κ1) is 13.5. The molecule has 1 amide bonds. The van der Waals surface area contributed by atoms with Crippen molar-refractivity contribution >= 4 is 11.9 Å². The molecular formula is C14H17NO4. The summed E-state index contributed by atoms with van der Waals surface area (Å²) in [6.07, 6.45) is 1.23. The van der Waals surface area contributed by atoms with E-state index in [2.05, 4.69) is 0 Å². The molecule has 0 spiro atoms. The highest BCUT2D eigenvalue weighted by Crippen LogP contribution is 2.27. The number of aliphatic hydroxyl groups excluding tert-OH is 1. The fraction of sp³-hybridized carbons (Fsp3) is 0.429. The monoisotopic (exact) mass is 263 g/mol. The molecule has 1 aromatic rings. The molecule has 0 saturated heterocycles. The van der Waals surface area contributed by atoms with Gasteiger partial charge in [-0.15, -0.1) is 0 Å². The zero-order chi connectivity index (χ0) is 14.0. The quantitative estimate of drug-likeness (QED) is 0.856. The van der Waals surface area contributed by atoms with Crippen LogP contribution in [0.1, 0.15) is 33.6 Å². The highest BCUT2D eigenvalue weighted by Gasteiger charge is 2.29. The molecule has 0 radical (unpaired) electrons. The minimum absolute atomic E-state index is 0.110. The number of amides is 1. The number of carbonyl (C=O) groups excluding carboxylic acids is 1. The van der Waals surface area contributed by atoms with Crippen LogP contribution >= 0.6 is 0 Å². The lowest BCUT2D eigenvalue weighted by atomic mass is 9.82. The highest BCUT2D eigenvalue weighted by molar-refractivity contribution is 5.97. The number of carboxylic acids is 1.